The molecule has 0 radical (unpaired) electrons. The number of hydrogen-bond acceptors (Lipinski definition) is 4. The zero-order valence-corrected chi connectivity index (χ0v) is 12.4. The van der Waals surface area contributed by atoms with E-state index in [1.165, 1.54) is 0 Å². The van der Waals surface area contributed by atoms with Crippen molar-refractivity contribution in [2.24, 2.45) is 0 Å². The van der Waals surface area contributed by atoms with Gasteiger partial charge in [0.05, 0.1) is 12.6 Å². The van der Waals surface area contributed by atoms with E-state index in [9.17, 15) is 5.11 Å². The highest BCUT2D eigenvalue weighted by atomic mass is 35.5. The number of rotatable bonds is 5. The largest absolute Gasteiger partial charge is 0.394 e. The van der Waals surface area contributed by atoms with E-state index >= 15 is 0 Å². The van der Waals surface area contributed by atoms with Crippen LogP contribution in [0.1, 0.15) is 16.7 Å². The van der Waals surface area contributed by atoms with Crippen LogP contribution in [0.5, 0.6) is 0 Å². The van der Waals surface area contributed by atoms with Gasteiger partial charge >= 0.3 is 0 Å². The normalized spacial score (nSPS) is 12.2. The summed E-state index contributed by atoms with van der Waals surface area (Å²) >= 11 is 5.94. The molecule has 1 heterocycles. The standard InChI is InChI=1S/C15H18ClN3O/c1-10-11(2)15(19-18-14(10)16)17-13(9-20)8-12-6-4-3-5-7-12/h3-7,13,20H,8-9H2,1-2H3,(H,17,19). The molecule has 2 N–H and O–H groups in total. The molecule has 0 aliphatic carbocycles. The van der Waals surface area contributed by atoms with Crippen LogP contribution in [0.4, 0.5) is 5.82 Å². The van der Waals surface area contributed by atoms with E-state index in [0.29, 0.717) is 11.0 Å². The molecule has 2 aromatic rings. The first-order chi connectivity index (χ1) is 9.61. The Bertz CT molecular complexity index is 575. The van der Waals surface area contributed by atoms with E-state index < -0.39 is 0 Å². The van der Waals surface area contributed by atoms with Gasteiger partial charge in [-0.1, -0.05) is 41.9 Å². The number of anilines is 1. The van der Waals surface area contributed by atoms with Gasteiger partial charge in [-0.05, 0) is 37.0 Å². The molecule has 1 unspecified atom stereocenters. The molecule has 2 rings (SSSR count). The average molecular weight is 292 g/mol. The van der Waals surface area contributed by atoms with Gasteiger partial charge in [-0.2, -0.15) is 0 Å². The molecule has 1 aromatic heterocycles. The Labute approximate surface area is 123 Å². The second-order valence-electron chi connectivity index (χ2n) is 4.80. The van der Waals surface area contributed by atoms with Gasteiger partial charge in [-0.25, -0.2) is 0 Å². The predicted molar refractivity (Wildman–Crippen MR) is 81.2 cm³/mol. The maximum atomic E-state index is 9.53. The summed E-state index contributed by atoms with van der Waals surface area (Å²) in [6.07, 6.45) is 0.722. The number of benzene rings is 1. The minimum absolute atomic E-state index is 0.0255. The lowest BCUT2D eigenvalue weighted by molar-refractivity contribution is 0.273. The van der Waals surface area contributed by atoms with Gasteiger partial charge in [0.2, 0.25) is 0 Å². The van der Waals surface area contributed by atoms with Gasteiger partial charge in [0.1, 0.15) is 0 Å². The smallest absolute Gasteiger partial charge is 0.155 e. The highest BCUT2D eigenvalue weighted by Gasteiger charge is 2.13. The fourth-order valence-corrected chi connectivity index (χ4v) is 2.15. The van der Waals surface area contributed by atoms with Gasteiger partial charge in [0.25, 0.3) is 0 Å². The second kappa shape index (κ2) is 6.68. The van der Waals surface area contributed by atoms with Crippen LogP contribution in [0.3, 0.4) is 0 Å². The first-order valence-electron chi connectivity index (χ1n) is 6.52. The lowest BCUT2D eigenvalue weighted by atomic mass is 10.1. The fourth-order valence-electron chi connectivity index (χ4n) is 1.97. The third kappa shape index (κ3) is 3.46. The molecule has 0 saturated carbocycles. The molecule has 4 nitrogen and oxygen atoms in total. The molecule has 106 valence electrons. The molecule has 0 saturated heterocycles. The molecule has 20 heavy (non-hydrogen) atoms. The van der Waals surface area contributed by atoms with Gasteiger partial charge in [-0.15, -0.1) is 10.2 Å². The van der Waals surface area contributed by atoms with Crippen LogP contribution in [-0.4, -0.2) is 28.0 Å². The van der Waals surface area contributed by atoms with E-state index in [2.05, 4.69) is 15.5 Å². The molecule has 5 heteroatoms. The Hall–Kier alpha value is -1.65. The molecule has 0 aliphatic heterocycles. The summed E-state index contributed by atoms with van der Waals surface area (Å²) in [5.74, 6) is 0.668. The Morgan fingerprint density at radius 3 is 2.50 bits per heavy atom. The van der Waals surface area contributed by atoms with Crippen molar-refractivity contribution in [3.05, 3.63) is 52.2 Å². The fraction of sp³-hybridized carbons (Fsp3) is 0.333. The zero-order chi connectivity index (χ0) is 14.5. The molecule has 0 aliphatic rings. The number of halogens is 1. The maximum Gasteiger partial charge on any atom is 0.155 e. The number of nitrogens with one attached hydrogen (secondary N) is 1. The lowest BCUT2D eigenvalue weighted by Crippen LogP contribution is -2.27. The summed E-state index contributed by atoms with van der Waals surface area (Å²) in [6, 6.07) is 9.92. The number of aliphatic hydroxyl groups is 1. The van der Waals surface area contributed by atoms with Gasteiger partial charge in [0.15, 0.2) is 11.0 Å². The molecule has 0 amide bonds. The van der Waals surface area contributed by atoms with Crippen molar-refractivity contribution >= 4 is 17.4 Å². The Morgan fingerprint density at radius 2 is 1.85 bits per heavy atom. The lowest BCUT2D eigenvalue weighted by Gasteiger charge is -2.18. The number of nitrogens with zero attached hydrogens (tertiary/aromatic N) is 2. The monoisotopic (exact) mass is 291 g/mol. The third-order valence-corrected chi connectivity index (χ3v) is 3.71. The van der Waals surface area contributed by atoms with Crippen molar-refractivity contribution in [2.45, 2.75) is 26.3 Å². The minimum atomic E-state index is -0.106. The summed E-state index contributed by atoms with van der Waals surface area (Å²) in [5.41, 5.74) is 3.02. The topological polar surface area (TPSA) is 58.0 Å². The van der Waals surface area contributed by atoms with E-state index in [0.717, 1.165) is 23.1 Å². The van der Waals surface area contributed by atoms with Crippen LogP contribution in [0.15, 0.2) is 30.3 Å². The number of aromatic nitrogens is 2. The Balaban J connectivity index is 2.13. The third-order valence-electron chi connectivity index (χ3n) is 3.35. The molecule has 0 fully saturated rings. The summed E-state index contributed by atoms with van der Waals surface area (Å²) in [5, 5.41) is 21.1. The van der Waals surface area contributed by atoms with Crippen molar-refractivity contribution in [3.63, 3.8) is 0 Å². The van der Waals surface area contributed by atoms with Crippen molar-refractivity contribution in [3.8, 4) is 0 Å². The summed E-state index contributed by atoms with van der Waals surface area (Å²) < 4.78 is 0. The Kier molecular flexibility index (Phi) is 4.93. The first kappa shape index (κ1) is 14.8. The second-order valence-corrected chi connectivity index (χ2v) is 5.16. The van der Waals surface area contributed by atoms with E-state index in [4.69, 9.17) is 11.6 Å². The maximum absolute atomic E-state index is 9.53. The SMILES string of the molecule is Cc1c(Cl)nnc(NC(CO)Cc2ccccc2)c1C. The van der Waals surface area contributed by atoms with E-state index in [1.807, 2.05) is 44.2 Å². The number of aliphatic hydroxyl groups excluding tert-OH is 1. The van der Waals surface area contributed by atoms with Crippen molar-refractivity contribution in [2.75, 3.05) is 11.9 Å². The van der Waals surface area contributed by atoms with Crippen molar-refractivity contribution < 1.29 is 5.11 Å². The van der Waals surface area contributed by atoms with Crippen LogP contribution in [-0.2, 0) is 6.42 Å². The predicted octanol–water partition coefficient (Wildman–Crippen LogP) is 2.76. The molecule has 0 bridgehead atoms. The molecule has 1 aromatic carbocycles. The molecule has 1 atom stereocenters. The molecular weight excluding hydrogens is 274 g/mol. The minimum Gasteiger partial charge on any atom is -0.394 e. The first-order valence-corrected chi connectivity index (χ1v) is 6.90. The highest BCUT2D eigenvalue weighted by molar-refractivity contribution is 6.30. The van der Waals surface area contributed by atoms with E-state index in [1.54, 1.807) is 0 Å². The van der Waals surface area contributed by atoms with Gasteiger partial charge < -0.3 is 10.4 Å². The zero-order valence-electron chi connectivity index (χ0n) is 11.6. The van der Waals surface area contributed by atoms with Gasteiger partial charge in [-0.3, -0.25) is 0 Å². The van der Waals surface area contributed by atoms with Crippen LogP contribution in [0.2, 0.25) is 5.15 Å². The Morgan fingerprint density at radius 1 is 1.15 bits per heavy atom. The average Bonchev–Trinajstić information content (AvgIpc) is 2.48. The molecule has 0 spiro atoms. The molecular formula is C15H18ClN3O. The van der Waals surface area contributed by atoms with E-state index in [-0.39, 0.29) is 12.6 Å². The quantitative estimate of drug-likeness (QED) is 0.889. The van der Waals surface area contributed by atoms with Crippen molar-refractivity contribution in [1.29, 1.82) is 0 Å². The number of hydrogen-bond donors (Lipinski definition) is 2. The van der Waals surface area contributed by atoms with Crippen LogP contribution >= 0.6 is 11.6 Å². The van der Waals surface area contributed by atoms with Crippen LogP contribution < -0.4 is 5.32 Å². The van der Waals surface area contributed by atoms with Crippen LogP contribution in [0.25, 0.3) is 0 Å². The van der Waals surface area contributed by atoms with Crippen LogP contribution in [0, 0.1) is 13.8 Å². The summed E-state index contributed by atoms with van der Waals surface area (Å²) in [6.45, 7) is 3.87. The highest BCUT2D eigenvalue weighted by Crippen LogP contribution is 2.21. The van der Waals surface area contributed by atoms with Crippen molar-refractivity contribution in [1.82, 2.24) is 10.2 Å². The van der Waals surface area contributed by atoms with Gasteiger partial charge in [0, 0.05) is 0 Å². The summed E-state index contributed by atoms with van der Waals surface area (Å²) in [7, 11) is 0. The summed E-state index contributed by atoms with van der Waals surface area (Å²) in [4.78, 5) is 0.